The van der Waals surface area contributed by atoms with Crippen LogP contribution >= 0.6 is 12.8 Å². The van der Waals surface area contributed by atoms with Gasteiger partial charge in [0.2, 0.25) is 6.41 Å². The van der Waals surface area contributed by atoms with Crippen LogP contribution in [-0.2, 0) is 22.8 Å². The number of likely N-dealkylation sites (tertiary alicyclic amines) is 1. The number of anilines is 1. The average molecular weight is 738 g/mol. The van der Waals surface area contributed by atoms with Crippen molar-refractivity contribution in [3.05, 3.63) is 83.4 Å². The summed E-state index contributed by atoms with van der Waals surface area (Å²) in [5.74, 6) is -4.05. The lowest BCUT2D eigenvalue weighted by molar-refractivity contribution is -0.144. The number of carbonyl (C=O) groups is 2. The number of imidazole rings is 1. The van der Waals surface area contributed by atoms with E-state index in [1.54, 1.807) is 7.05 Å². The van der Waals surface area contributed by atoms with Crippen LogP contribution in [-0.4, -0.2) is 64.0 Å². The Labute approximate surface area is 297 Å². The number of nitrogens with one attached hydrogen (secondary N) is 2. The third kappa shape index (κ3) is 10.0. The lowest BCUT2D eigenvalue weighted by Gasteiger charge is -2.43. The van der Waals surface area contributed by atoms with Crippen molar-refractivity contribution in [2.45, 2.75) is 63.1 Å². The van der Waals surface area contributed by atoms with E-state index in [2.05, 4.69) is 62.3 Å². The standard InChI is InChI=1S/C27H31F2N3O2.C8H5F4NO.CH5NS/c1-17-30-24-15-20(7-10-25(24)31(17)2)18-3-5-19(6-4-18)23-16-21(8-9-22(23)26(33)34)32-13-11-27(28,29)12-14-32;9-6-3-5(8(10,11)12)1-2-7(6)13-4-14;1-2-3/h3-7,10,15,21-23H,8-9,11-14,16H2,1-2H3,(H,33,34);1-4H,(H,13,14);2-3H,1H3/t21?,22?,23-;;/m0../s1. The van der Waals surface area contributed by atoms with Crippen LogP contribution in [0.25, 0.3) is 22.2 Å². The van der Waals surface area contributed by atoms with Gasteiger partial charge in [-0.15, -0.1) is 0 Å². The maximum absolute atomic E-state index is 13.6. The van der Waals surface area contributed by atoms with Gasteiger partial charge in [0.15, 0.2) is 0 Å². The molecule has 2 unspecified atom stereocenters. The number of hydrogen-bond acceptors (Lipinski definition) is 6. The van der Waals surface area contributed by atoms with Crippen LogP contribution in [0.4, 0.5) is 32.0 Å². The number of hydrogen-bond donors (Lipinski definition) is 4. The van der Waals surface area contributed by atoms with Gasteiger partial charge in [0.25, 0.3) is 5.92 Å². The van der Waals surface area contributed by atoms with Crippen molar-refractivity contribution in [2.75, 3.05) is 25.5 Å². The first-order chi connectivity index (χ1) is 24.1. The number of carbonyl (C=O) groups excluding carboxylic acids is 1. The minimum absolute atomic E-state index is 0.106. The molecule has 3 N–H and O–H groups in total. The van der Waals surface area contributed by atoms with E-state index in [9.17, 15) is 41.0 Å². The zero-order chi connectivity index (χ0) is 37.5. The zero-order valence-electron chi connectivity index (χ0n) is 28.4. The molecular weight excluding hydrogens is 696 g/mol. The van der Waals surface area contributed by atoms with Gasteiger partial charge in [-0.05, 0) is 86.2 Å². The Morgan fingerprint density at radius 2 is 1.65 bits per heavy atom. The topological polar surface area (TPSA) is 99.5 Å². The molecule has 276 valence electrons. The summed E-state index contributed by atoms with van der Waals surface area (Å²) in [6.45, 7) is 2.76. The highest BCUT2D eigenvalue weighted by atomic mass is 32.1. The van der Waals surface area contributed by atoms with Crippen LogP contribution in [0.3, 0.4) is 0 Å². The first kappa shape index (κ1) is 39.7. The van der Waals surface area contributed by atoms with Crippen LogP contribution in [0.15, 0.2) is 60.7 Å². The molecule has 3 aromatic carbocycles. The fraction of sp³-hybridized carbons (Fsp3) is 0.417. The SMILES string of the molecule is CNS.Cc1nc2cc(-c3ccc([C@@H]4CC(N5CCC(F)(F)CC5)CCC4C(=O)O)cc3)ccc2n1C.O=CNc1ccc(C(F)(F)F)cc1F. The number of piperidine rings is 1. The number of alkyl halides is 5. The molecule has 1 saturated heterocycles. The Hall–Kier alpha value is -4.08. The molecule has 1 aliphatic carbocycles. The number of rotatable bonds is 6. The lowest BCUT2D eigenvalue weighted by atomic mass is 9.72. The molecule has 2 aliphatic rings. The molecule has 4 aromatic rings. The number of aryl methyl sites for hydroxylation is 2. The van der Waals surface area contributed by atoms with Gasteiger partial charge in [0.05, 0.1) is 28.2 Å². The third-order valence-corrected chi connectivity index (χ3v) is 9.47. The number of fused-ring (bicyclic) bond motifs is 1. The second-order valence-corrected chi connectivity index (χ2v) is 13.1. The van der Waals surface area contributed by atoms with Gasteiger partial charge in [0.1, 0.15) is 11.6 Å². The Morgan fingerprint density at radius 1 is 1.02 bits per heavy atom. The highest BCUT2D eigenvalue weighted by molar-refractivity contribution is 7.78. The maximum Gasteiger partial charge on any atom is 0.416 e. The highest BCUT2D eigenvalue weighted by Crippen LogP contribution is 2.42. The van der Waals surface area contributed by atoms with Gasteiger partial charge >= 0.3 is 12.1 Å². The molecule has 8 nitrogen and oxygen atoms in total. The van der Waals surface area contributed by atoms with Gasteiger partial charge in [-0.2, -0.15) is 13.2 Å². The van der Waals surface area contributed by atoms with Crippen molar-refractivity contribution in [3.8, 4) is 11.1 Å². The zero-order valence-corrected chi connectivity index (χ0v) is 29.2. The number of carboxylic acid groups (broad SMARTS) is 1. The summed E-state index contributed by atoms with van der Waals surface area (Å²) in [6, 6.07) is 16.5. The number of carboxylic acids is 1. The molecule has 1 aliphatic heterocycles. The summed E-state index contributed by atoms with van der Waals surface area (Å²) in [5, 5.41) is 11.8. The van der Waals surface area contributed by atoms with E-state index in [1.807, 2.05) is 31.4 Å². The monoisotopic (exact) mass is 737 g/mol. The van der Waals surface area contributed by atoms with Crippen molar-refractivity contribution in [3.63, 3.8) is 0 Å². The van der Waals surface area contributed by atoms with Crippen molar-refractivity contribution >= 4 is 41.9 Å². The molecule has 0 bridgehead atoms. The predicted octanol–water partition coefficient (Wildman–Crippen LogP) is 8.08. The van der Waals surface area contributed by atoms with E-state index in [0.29, 0.717) is 38.1 Å². The van der Waals surface area contributed by atoms with E-state index in [0.717, 1.165) is 46.0 Å². The van der Waals surface area contributed by atoms with Crippen molar-refractivity contribution in [1.82, 2.24) is 19.2 Å². The molecule has 0 radical (unpaired) electrons. The first-order valence-electron chi connectivity index (χ1n) is 16.3. The quantitative estimate of drug-likeness (QED) is 0.0908. The summed E-state index contributed by atoms with van der Waals surface area (Å²) in [5.41, 5.74) is 3.81. The molecule has 1 saturated carbocycles. The lowest BCUT2D eigenvalue weighted by Crippen LogP contribution is -2.48. The smallest absolute Gasteiger partial charge is 0.416 e. The van der Waals surface area contributed by atoms with Gasteiger partial charge < -0.3 is 15.0 Å². The minimum atomic E-state index is -4.58. The Kier molecular flexibility index (Phi) is 13.2. The number of nitrogens with zero attached hydrogens (tertiary/aromatic N) is 3. The van der Waals surface area contributed by atoms with Crippen LogP contribution in [0.1, 0.15) is 55.0 Å². The first-order valence-corrected chi connectivity index (χ1v) is 16.8. The van der Waals surface area contributed by atoms with Crippen LogP contribution < -0.4 is 10.0 Å². The third-order valence-electron chi connectivity index (χ3n) is 9.47. The fourth-order valence-electron chi connectivity index (χ4n) is 6.65. The summed E-state index contributed by atoms with van der Waals surface area (Å²) in [4.78, 5) is 28.7. The summed E-state index contributed by atoms with van der Waals surface area (Å²) in [7, 11) is 3.74. The molecule has 1 amide bonds. The van der Waals surface area contributed by atoms with Gasteiger partial charge in [-0.3, -0.25) is 19.2 Å². The van der Waals surface area contributed by atoms with E-state index in [4.69, 9.17) is 0 Å². The second-order valence-electron chi connectivity index (χ2n) is 12.6. The summed E-state index contributed by atoms with van der Waals surface area (Å²) in [6.07, 6.45) is -2.58. The maximum atomic E-state index is 13.6. The van der Waals surface area contributed by atoms with E-state index < -0.39 is 35.4 Å². The van der Waals surface area contributed by atoms with Crippen molar-refractivity contribution in [2.24, 2.45) is 13.0 Å². The van der Waals surface area contributed by atoms with E-state index in [-0.39, 0.29) is 36.9 Å². The summed E-state index contributed by atoms with van der Waals surface area (Å²) < 4.78 is 80.7. The normalized spacial score (nSPS) is 20.4. The highest BCUT2D eigenvalue weighted by Gasteiger charge is 2.41. The Balaban J connectivity index is 0.000000287. The number of thiol groups is 1. The van der Waals surface area contributed by atoms with Crippen molar-refractivity contribution < 1.29 is 41.0 Å². The number of amides is 1. The molecule has 0 spiro atoms. The average Bonchev–Trinajstić information content (AvgIpc) is 3.37. The van der Waals surface area contributed by atoms with Gasteiger partial charge in [-0.1, -0.05) is 43.1 Å². The fourth-order valence-corrected chi connectivity index (χ4v) is 6.65. The number of aromatic nitrogens is 2. The molecule has 3 atom stereocenters. The molecule has 6 rings (SSSR count). The molecule has 1 aromatic heterocycles. The second kappa shape index (κ2) is 17.0. The molecule has 51 heavy (non-hydrogen) atoms. The molecule has 15 heteroatoms. The van der Waals surface area contributed by atoms with E-state index >= 15 is 0 Å². The number of aliphatic carboxylic acids is 1. The Morgan fingerprint density at radius 3 is 2.22 bits per heavy atom. The molecular formula is C36H41F6N5O3S. The largest absolute Gasteiger partial charge is 0.481 e. The van der Waals surface area contributed by atoms with Crippen molar-refractivity contribution in [1.29, 1.82) is 0 Å². The number of benzene rings is 3. The molecule has 2 fully saturated rings. The summed E-state index contributed by atoms with van der Waals surface area (Å²) >= 11 is 3.54. The molecule has 2 heterocycles. The van der Waals surface area contributed by atoms with Crippen LogP contribution in [0.5, 0.6) is 0 Å². The Bertz CT molecular complexity index is 1790. The van der Waals surface area contributed by atoms with Crippen LogP contribution in [0.2, 0.25) is 0 Å². The van der Waals surface area contributed by atoms with Gasteiger partial charge in [-0.25, -0.2) is 18.2 Å². The predicted molar refractivity (Wildman–Crippen MR) is 187 cm³/mol. The minimum Gasteiger partial charge on any atom is -0.481 e. The van der Waals surface area contributed by atoms with E-state index in [1.165, 1.54) is 0 Å². The number of halogens is 6. The van der Waals surface area contributed by atoms with Gasteiger partial charge in [0, 0.05) is 39.0 Å². The van der Waals surface area contributed by atoms with Crippen LogP contribution in [0, 0.1) is 18.7 Å².